The third kappa shape index (κ3) is 4.20. The molecule has 23 heavy (non-hydrogen) atoms. The third-order valence-electron chi connectivity index (χ3n) is 4.14. The average Bonchev–Trinajstić information content (AvgIpc) is 2.47. The van der Waals surface area contributed by atoms with Crippen LogP contribution in [0, 0.1) is 18.8 Å². The van der Waals surface area contributed by atoms with Gasteiger partial charge in [-0.2, -0.15) is 4.31 Å². The van der Waals surface area contributed by atoms with Crippen molar-refractivity contribution in [2.24, 2.45) is 11.8 Å². The summed E-state index contributed by atoms with van der Waals surface area (Å²) in [4.78, 5) is 0.183. The zero-order chi connectivity index (χ0) is 17.2. The van der Waals surface area contributed by atoms with Gasteiger partial charge in [0.2, 0.25) is 10.0 Å². The van der Waals surface area contributed by atoms with Crippen molar-refractivity contribution in [3.8, 4) is 5.75 Å². The predicted molar refractivity (Wildman–Crippen MR) is 93.7 cm³/mol. The summed E-state index contributed by atoms with van der Waals surface area (Å²) >= 11 is 6.18. The highest BCUT2D eigenvalue weighted by Crippen LogP contribution is 2.34. The molecule has 0 unspecified atom stereocenters. The van der Waals surface area contributed by atoms with Crippen molar-refractivity contribution in [2.45, 2.75) is 45.4 Å². The standard InChI is InChI=1S/C17H26ClNO3S/c1-5-6-22-16-8-14(4)15(18)9-17(16)23(20,21)19-10-12(2)7-13(3)11-19/h8-9,12-13H,5-7,10-11H2,1-4H3/t12-,13-/m1/s1. The first kappa shape index (κ1) is 18.6. The first-order chi connectivity index (χ1) is 10.8. The molecule has 1 saturated heterocycles. The van der Waals surface area contributed by atoms with Gasteiger partial charge in [0.1, 0.15) is 10.6 Å². The van der Waals surface area contributed by atoms with Gasteiger partial charge in [-0.05, 0) is 49.3 Å². The average molecular weight is 360 g/mol. The van der Waals surface area contributed by atoms with Crippen LogP contribution in [0.25, 0.3) is 0 Å². The van der Waals surface area contributed by atoms with Crippen molar-refractivity contribution >= 4 is 21.6 Å². The van der Waals surface area contributed by atoms with Crippen LogP contribution >= 0.6 is 11.6 Å². The van der Waals surface area contributed by atoms with Crippen molar-refractivity contribution in [2.75, 3.05) is 19.7 Å². The molecule has 0 aliphatic carbocycles. The minimum atomic E-state index is -3.60. The summed E-state index contributed by atoms with van der Waals surface area (Å²) in [6.45, 7) is 9.60. The number of sulfonamides is 1. The van der Waals surface area contributed by atoms with Crippen molar-refractivity contribution in [3.05, 3.63) is 22.7 Å². The Labute approximate surface area is 144 Å². The fourth-order valence-corrected chi connectivity index (χ4v) is 5.15. The summed E-state index contributed by atoms with van der Waals surface area (Å²) in [6.07, 6.45) is 1.87. The Morgan fingerprint density at radius 3 is 2.43 bits per heavy atom. The van der Waals surface area contributed by atoms with Crippen LogP contribution in [0.1, 0.15) is 39.2 Å². The fourth-order valence-electron chi connectivity index (χ4n) is 3.10. The van der Waals surface area contributed by atoms with Crippen molar-refractivity contribution in [3.63, 3.8) is 0 Å². The normalized spacial score (nSPS) is 23.0. The van der Waals surface area contributed by atoms with E-state index in [9.17, 15) is 8.42 Å². The van der Waals surface area contributed by atoms with Gasteiger partial charge in [-0.15, -0.1) is 0 Å². The lowest BCUT2D eigenvalue weighted by Crippen LogP contribution is -2.42. The predicted octanol–water partition coefficient (Wildman–Crippen LogP) is 4.10. The number of aryl methyl sites for hydroxylation is 1. The second-order valence-corrected chi connectivity index (χ2v) is 8.98. The molecule has 1 aromatic carbocycles. The molecule has 2 atom stereocenters. The number of halogens is 1. The van der Waals surface area contributed by atoms with Gasteiger partial charge in [-0.25, -0.2) is 8.42 Å². The van der Waals surface area contributed by atoms with E-state index >= 15 is 0 Å². The molecule has 0 radical (unpaired) electrons. The Balaban J connectivity index is 2.43. The van der Waals surface area contributed by atoms with Gasteiger partial charge in [0, 0.05) is 18.1 Å². The SMILES string of the molecule is CCCOc1cc(C)c(Cl)cc1S(=O)(=O)N1C[C@H](C)C[C@@H](C)C1. The number of hydrogen-bond donors (Lipinski definition) is 0. The molecular formula is C17H26ClNO3S. The van der Waals surface area contributed by atoms with E-state index in [1.165, 1.54) is 6.07 Å². The second-order valence-electron chi connectivity index (χ2n) is 6.66. The van der Waals surface area contributed by atoms with Crippen LogP contribution < -0.4 is 4.74 Å². The fraction of sp³-hybridized carbons (Fsp3) is 0.647. The maximum absolute atomic E-state index is 13.1. The zero-order valence-corrected chi connectivity index (χ0v) is 15.9. The highest BCUT2D eigenvalue weighted by Gasteiger charge is 2.34. The Morgan fingerprint density at radius 2 is 1.87 bits per heavy atom. The van der Waals surface area contributed by atoms with Crippen LogP contribution in [0.3, 0.4) is 0 Å². The maximum Gasteiger partial charge on any atom is 0.246 e. The van der Waals surface area contributed by atoms with E-state index in [0.29, 0.717) is 42.3 Å². The molecule has 0 bridgehead atoms. The summed E-state index contributed by atoms with van der Waals surface area (Å²) in [7, 11) is -3.60. The third-order valence-corrected chi connectivity index (χ3v) is 6.40. The largest absolute Gasteiger partial charge is 0.492 e. The first-order valence-electron chi connectivity index (χ1n) is 8.18. The van der Waals surface area contributed by atoms with Gasteiger partial charge in [-0.3, -0.25) is 0 Å². The molecule has 130 valence electrons. The number of rotatable bonds is 5. The summed E-state index contributed by atoms with van der Waals surface area (Å²) < 4.78 is 33.5. The Hall–Kier alpha value is -0.780. The van der Waals surface area contributed by atoms with Gasteiger partial charge >= 0.3 is 0 Å². The molecule has 1 fully saturated rings. The summed E-state index contributed by atoms with van der Waals surface area (Å²) in [5, 5.41) is 0.450. The minimum absolute atomic E-state index is 0.183. The molecule has 0 saturated carbocycles. The molecular weight excluding hydrogens is 334 g/mol. The number of piperidine rings is 1. The van der Waals surface area contributed by atoms with E-state index in [1.54, 1.807) is 10.4 Å². The molecule has 4 nitrogen and oxygen atoms in total. The number of nitrogens with zero attached hydrogens (tertiary/aromatic N) is 1. The van der Waals surface area contributed by atoms with Crippen LogP contribution in [0.4, 0.5) is 0 Å². The molecule has 0 aromatic heterocycles. The molecule has 1 aliphatic rings. The lowest BCUT2D eigenvalue weighted by atomic mass is 9.94. The van der Waals surface area contributed by atoms with Gasteiger partial charge < -0.3 is 4.74 Å². The van der Waals surface area contributed by atoms with Crippen LogP contribution in [-0.2, 0) is 10.0 Å². The molecule has 0 N–H and O–H groups in total. The number of benzene rings is 1. The topological polar surface area (TPSA) is 46.6 Å². The molecule has 2 rings (SSSR count). The number of ether oxygens (including phenoxy) is 1. The molecule has 1 aliphatic heterocycles. The lowest BCUT2D eigenvalue weighted by Gasteiger charge is -2.34. The Kier molecular flexibility index (Phi) is 5.98. The monoisotopic (exact) mass is 359 g/mol. The summed E-state index contributed by atoms with van der Waals surface area (Å²) in [6, 6.07) is 3.25. The van der Waals surface area contributed by atoms with E-state index in [4.69, 9.17) is 16.3 Å². The van der Waals surface area contributed by atoms with Gasteiger partial charge in [-0.1, -0.05) is 32.4 Å². The molecule has 0 spiro atoms. The molecule has 1 aromatic rings. The molecule has 1 heterocycles. The van der Waals surface area contributed by atoms with Gasteiger partial charge in [0.15, 0.2) is 0 Å². The minimum Gasteiger partial charge on any atom is -0.492 e. The van der Waals surface area contributed by atoms with Crippen LogP contribution in [0.2, 0.25) is 5.02 Å². The van der Waals surface area contributed by atoms with E-state index in [1.807, 2.05) is 13.8 Å². The zero-order valence-electron chi connectivity index (χ0n) is 14.3. The lowest BCUT2D eigenvalue weighted by molar-refractivity contribution is 0.221. The molecule has 6 heteroatoms. The van der Waals surface area contributed by atoms with E-state index in [0.717, 1.165) is 18.4 Å². The highest BCUT2D eigenvalue weighted by molar-refractivity contribution is 7.89. The second kappa shape index (κ2) is 7.41. The quantitative estimate of drug-likeness (QED) is 0.795. The van der Waals surface area contributed by atoms with E-state index < -0.39 is 10.0 Å². The van der Waals surface area contributed by atoms with Gasteiger partial charge in [0.25, 0.3) is 0 Å². The van der Waals surface area contributed by atoms with E-state index in [-0.39, 0.29) is 4.90 Å². The highest BCUT2D eigenvalue weighted by atomic mass is 35.5. The molecule has 0 amide bonds. The Bertz CT molecular complexity index is 650. The van der Waals surface area contributed by atoms with E-state index in [2.05, 4.69) is 13.8 Å². The van der Waals surface area contributed by atoms with Crippen molar-refractivity contribution in [1.29, 1.82) is 0 Å². The maximum atomic E-state index is 13.1. The van der Waals surface area contributed by atoms with Crippen molar-refractivity contribution < 1.29 is 13.2 Å². The van der Waals surface area contributed by atoms with Crippen LogP contribution in [0.5, 0.6) is 5.75 Å². The van der Waals surface area contributed by atoms with Gasteiger partial charge in [0.05, 0.1) is 6.61 Å². The first-order valence-corrected chi connectivity index (χ1v) is 10.0. The Morgan fingerprint density at radius 1 is 1.26 bits per heavy atom. The summed E-state index contributed by atoms with van der Waals surface area (Å²) in [5.41, 5.74) is 0.817. The van der Waals surface area contributed by atoms with Crippen LogP contribution in [0.15, 0.2) is 17.0 Å². The van der Waals surface area contributed by atoms with Crippen molar-refractivity contribution in [1.82, 2.24) is 4.31 Å². The smallest absolute Gasteiger partial charge is 0.246 e. The summed E-state index contributed by atoms with van der Waals surface area (Å²) in [5.74, 6) is 1.11. The number of hydrogen-bond acceptors (Lipinski definition) is 3. The van der Waals surface area contributed by atoms with Crippen LogP contribution in [-0.4, -0.2) is 32.4 Å².